The van der Waals surface area contributed by atoms with Gasteiger partial charge in [0.1, 0.15) is 0 Å². The lowest BCUT2D eigenvalue weighted by molar-refractivity contribution is -0.499. The Morgan fingerprint density at radius 2 is 0.875 bits per heavy atom. The minimum absolute atomic E-state index is 0. The van der Waals surface area contributed by atoms with Crippen molar-refractivity contribution in [3.63, 3.8) is 0 Å². The maximum atomic E-state index is 13.2. The molecule has 0 radical (unpaired) electrons. The van der Waals surface area contributed by atoms with Crippen molar-refractivity contribution >= 4 is 335 Å². The van der Waals surface area contributed by atoms with E-state index in [4.69, 9.17) is 15.1 Å². The number of aryl methyl sites for hydroxylation is 2. The Morgan fingerprint density at radius 1 is 0.529 bits per heavy atom. The summed E-state index contributed by atoms with van der Waals surface area (Å²) >= 11 is -2.52. The number of alkyl halides is 1. The monoisotopic (exact) mass is 2110 g/mol. The third-order valence-corrected chi connectivity index (χ3v) is 226. The van der Waals surface area contributed by atoms with Gasteiger partial charge in [0.2, 0.25) is 0 Å². The quantitative estimate of drug-likeness (QED) is 0.0152. The number of hydrogen-bond donors (Lipinski definition) is 1. The number of halogens is 7. The van der Waals surface area contributed by atoms with Gasteiger partial charge in [-0.25, -0.2) is 19.6 Å². The second-order valence-corrected chi connectivity index (χ2v) is 157. The zero-order valence-corrected chi connectivity index (χ0v) is 93.5. The predicted octanol–water partition coefficient (Wildman–Crippen LogP) is 24.1. The standard InChI is InChI=1S/C20H21FN6O.C20H22N6O2.C4H10F2NS.BF3.FH.H20P18.H19P17/c21-7-2-1-3-16-15(24-19-12-23-9-10-25(16)19)13-26-18-11-22-8-6-17(18)27(20(26)28)14-4-5-14;27-10-2-1-3-16-15(23-19-12-22-8-9-24(16)19)13-25-18-11-21-7-6-17(18)26(20(25)28)14-4-5-14;1-3-7(4-2)8(5)6;2-1(3)4;;1-11(2)16(12(3)4)18(15(9)10)17(13(5)6)14(7)8;1-10-15(11(2)3)17(14(8)9)16(12(4)5)13(6)7/h6,8-12,14H,1-5,7,13H2;6-9,11-12,14,27H,1-5,10,13H2;3-4H2,1-2H3;;1H;1-10H2;10H,1-9H2/q;;+1;;;;/p-1. The van der Waals surface area contributed by atoms with Gasteiger partial charge < -0.3 is 18.6 Å². The van der Waals surface area contributed by atoms with Gasteiger partial charge in [0.25, 0.3) is 0 Å². The highest BCUT2D eigenvalue weighted by atomic mass is 33.4. The number of aliphatic hydroxyl groups excluding tert-OH is 1. The highest BCUT2D eigenvalue weighted by molar-refractivity contribution is 9.34. The highest BCUT2D eigenvalue weighted by Crippen LogP contribution is 3.28. The maximum Gasteiger partial charge on any atom is 0.762 e. The number of rotatable bonds is 30. The summed E-state index contributed by atoms with van der Waals surface area (Å²) in [5.41, 5.74) is 8.79. The molecule has 16 nitrogen and oxygen atoms in total. The average Bonchev–Trinajstić information content (AvgIpc) is 1.60. The van der Waals surface area contributed by atoms with Crippen molar-refractivity contribution in [3.05, 3.63) is 118 Å². The molecule has 0 saturated heterocycles. The molecule has 8 aromatic heterocycles. The largest absolute Gasteiger partial charge is 1.00 e. The number of fused-ring (bicyclic) bond motifs is 4. The van der Waals surface area contributed by atoms with Gasteiger partial charge in [-0.2, -0.15) is 3.95 Å². The van der Waals surface area contributed by atoms with E-state index in [1.54, 1.807) is 72.6 Å². The van der Waals surface area contributed by atoms with Crippen molar-refractivity contribution in [1.82, 2.24) is 57.0 Å². The van der Waals surface area contributed by atoms with Crippen molar-refractivity contribution in [2.45, 2.75) is 103 Å². The molecule has 22 atom stereocenters. The van der Waals surface area contributed by atoms with Crippen LogP contribution >= 0.6 is 282 Å². The van der Waals surface area contributed by atoms with Crippen molar-refractivity contribution in [2.75, 3.05) is 26.4 Å². The van der Waals surface area contributed by atoms with Crippen LogP contribution in [0.15, 0.2) is 83.7 Å². The van der Waals surface area contributed by atoms with Gasteiger partial charge in [-0.15, -0.1) is 170 Å². The van der Waals surface area contributed by atoms with Crippen LogP contribution < -0.4 is 16.1 Å². The van der Waals surface area contributed by atoms with Gasteiger partial charge in [-0.05, 0) is 195 Å². The van der Waals surface area contributed by atoms with E-state index in [1.807, 2.05) is 42.5 Å². The molecule has 584 valence electrons. The fraction of sp³-hybridized carbons (Fsp3) is 0.455. The minimum atomic E-state index is -3.67. The summed E-state index contributed by atoms with van der Waals surface area (Å²) in [5, 5.41) is 9.14. The first-order chi connectivity index (χ1) is 48.8. The van der Waals surface area contributed by atoms with E-state index in [9.17, 15) is 34.7 Å². The first-order valence-electron chi connectivity index (χ1n) is 30.4. The van der Waals surface area contributed by atoms with Crippen LogP contribution in [-0.4, -0.2) is 99.9 Å². The molecular weight excluding hydrogens is 2020 g/mol. The topological polar surface area (TPSA) is 163 Å². The van der Waals surface area contributed by atoms with Crippen LogP contribution in [0.5, 0.6) is 0 Å². The van der Waals surface area contributed by atoms with Crippen LogP contribution in [0.3, 0.4) is 0 Å². The highest BCUT2D eigenvalue weighted by Gasteiger charge is 2.40. The van der Waals surface area contributed by atoms with E-state index in [0.29, 0.717) is 45.1 Å². The number of hydrogen-bond acceptors (Lipinski definition) is 9. The Balaban J connectivity index is 0.000000284. The van der Waals surface area contributed by atoms with Crippen LogP contribution in [0.4, 0.5) is 25.1 Å². The minimum Gasteiger partial charge on any atom is -1.00 e. The van der Waals surface area contributed by atoms with Gasteiger partial charge in [0, 0.05) is 67.3 Å². The molecule has 60 heteroatoms. The molecule has 0 aromatic carbocycles. The van der Waals surface area contributed by atoms with Crippen molar-refractivity contribution in [2.24, 2.45) is 0 Å². The summed E-state index contributed by atoms with van der Waals surface area (Å²) in [6, 6.07) is 4.41. The predicted molar refractivity (Wildman–Crippen MR) is 544 cm³/mol. The van der Waals surface area contributed by atoms with Crippen LogP contribution in [-0.2, 0) is 37.4 Å². The molecule has 0 amide bonds. The molecule has 0 aliphatic heterocycles. The summed E-state index contributed by atoms with van der Waals surface area (Å²) in [4.78, 5) is 52.6. The molecule has 104 heavy (non-hydrogen) atoms. The first-order valence-corrected chi connectivity index (χ1v) is 93.4. The normalized spacial score (nSPS) is 13.9. The van der Waals surface area contributed by atoms with Crippen LogP contribution in [0.2, 0.25) is 0 Å². The Bertz CT molecular complexity index is 3790. The van der Waals surface area contributed by atoms with Gasteiger partial charge in [-0.3, -0.25) is 55.5 Å². The number of nitrogens with zero attached hydrogens (tertiary/aromatic N) is 13. The van der Waals surface area contributed by atoms with E-state index >= 15 is 0 Å². The van der Waals surface area contributed by atoms with E-state index in [0.717, 1.165) is 119 Å². The second kappa shape index (κ2) is 55.1. The lowest BCUT2D eigenvalue weighted by Crippen LogP contribution is -3.00. The average molecular weight is 2110 g/mol. The molecule has 1 N–H and O–H groups in total. The van der Waals surface area contributed by atoms with Crippen LogP contribution in [0.1, 0.15) is 100 Å². The molecule has 8 aromatic rings. The summed E-state index contributed by atoms with van der Waals surface area (Å²) in [5.74, 6) is 0. The van der Waals surface area contributed by atoms with Gasteiger partial charge >= 0.3 is 30.4 Å². The SMILES string of the molecule is CC[N+](CC)=S(F)F.FB(F)F.O=c1n(Cc2nc3cnccn3c2CCCCF)c2cnccc2n1C1CC1.O=c1n(Cc2nc3cnccn3c2CCCCO)c2cnccc2n1C1CC1.PP(P)P(P(P)P)P(P(P)P)P(P(P)P)P(P)P.PPP(P(P)P)P(P(P)P)P(P(P)P)P(P)P.[F-]. The first kappa shape index (κ1) is 105. The summed E-state index contributed by atoms with van der Waals surface area (Å²) in [6.45, 7) is 6.55. The Kier molecular flexibility index (Phi) is 55.7. The molecule has 2 saturated carbocycles. The van der Waals surface area contributed by atoms with Crippen LogP contribution in [0, 0.1) is 0 Å². The lowest BCUT2D eigenvalue weighted by Gasteiger charge is -2.43. The van der Waals surface area contributed by atoms with Crippen molar-refractivity contribution in [1.29, 1.82) is 0 Å². The smallest absolute Gasteiger partial charge is 0.762 e. The Morgan fingerprint density at radius 3 is 1.16 bits per heavy atom. The lowest BCUT2D eigenvalue weighted by atomic mass is 10.1. The molecule has 2 aliphatic rings. The number of aliphatic hydroxyl groups is 1. The van der Waals surface area contributed by atoms with Crippen LogP contribution in [0.25, 0.3) is 33.4 Å². The van der Waals surface area contributed by atoms with Gasteiger partial charge in [0.15, 0.2) is 24.4 Å². The molecule has 22 unspecified atom stereocenters. The maximum absolute atomic E-state index is 13.2. The fourth-order valence-corrected chi connectivity index (χ4v) is 408. The number of aromatic nitrogens is 12. The second-order valence-electron chi connectivity index (χ2n) is 21.4. The molecule has 8 heterocycles. The number of imidazole rings is 4. The zero-order chi connectivity index (χ0) is 76.7. The van der Waals surface area contributed by atoms with Crippen molar-refractivity contribution < 1.29 is 38.9 Å². The number of unbranched alkanes of at least 4 members (excludes halogenated alkanes) is 2. The van der Waals surface area contributed by atoms with E-state index in [2.05, 4.69) is 190 Å². The summed E-state index contributed by atoms with van der Waals surface area (Å²) in [7, 11) is 56.6. The van der Waals surface area contributed by atoms with E-state index in [-0.39, 0.29) is 140 Å². The number of pyridine rings is 2. The summed E-state index contributed by atoms with van der Waals surface area (Å²) in [6.07, 6.45) is 26.2. The zero-order valence-electron chi connectivity index (χ0n) is 56.3. The van der Waals surface area contributed by atoms with Gasteiger partial charge in [-0.1, -0.05) is 15.7 Å². The van der Waals surface area contributed by atoms with E-state index < -0.39 is 19.0 Å². The molecule has 2 aliphatic carbocycles. The molecule has 0 bridgehead atoms. The third-order valence-electron chi connectivity index (χ3n) is 14.3. The third kappa shape index (κ3) is 32.5. The molecule has 2 fully saturated rings. The van der Waals surface area contributed by atoms with Crippen molar-refractivity contribution in [3.8, 4) is 0 Å². The Labute approximate surface area is 671 Å². The fourth-order valence-electron chi connectivity index (χ4n) is 9.88. The Hall–Kier alpha value is 8.81. The molecule has 0 spiro atoms. The van der Waals surface area contributed by atoms with E-state index in [1.165, 1.54) is 0 Å². The summed E-state index contributed by atoms with van der Waals surface area (Å²) < 4.78 is 77.4. The molecular formula is C44H92BF7N13O3P35S. The molecule has 10 rings (SSSR count). The van der Waals surface area contributed by atoms with Gasteiger partial charge in [0.05, 0.1) is 78.0 Å².